The van der Waals surface area contributed by atoms with Crippen molar-refractivity contribution in [2.75, 3.05) is 0 Å². The van der Waals surface area contributed by atoms with Crippen molar-refractivity contribution in [3.63, 3.8) is 0 Å². The van der Waals surface area contributed by atoms with Gasteiger partial charge in [-0.15, -0.1) is 30.3 Å². The van der Waals surface area contributed by atoms with Gasteiger partial charge in [0, 0.05) is 38.5 Å². The summed E-state index contributed by atoms with van der Waals surface area (Å²) in [5.41, 5.74) is 1.25. The molecule has 0 fully saturated rings. The maximum atomic E-state index is 11.1. The van der Waals surface area contributed by atoms with Crippen LogP contribution in [0.1, 0.15) is 74.8 Å². The molecule has 0 bridgehead atoms. The molecule has 0 aliphatic carbocycles. The molecule has 0 atom stereocenters. The molecule has 0 aliphatic heterocycles. The molecule has 1 rings (SSSR count). The summed E-state index contributed by atoms with van der Waals surface area (Å²) < 4.78 is 4.87. The van der Waals surface area contributed by atoms with Gasteiger partial charge in [0.05, 0.1) is 0 Å². The van der Waals surface area contributed by atoms with Crippen LogP contribution in [0.2, 0.25) is 0 Å². The molecule has 0 aromatic heterocycles. The standard InChI is InChI=1S/C19H32N3P.C3H8O.Zr/c1-14(2)21(15(3)4)23(22(16(5)6)17(7)8)19(20)18-12-10-9-11-13-18;1-3(2)4;/h9-12,14-17H,1-8H3;3-4H,1-2H3;/q-2;;+2. The predicted molar refractivity (Wildman–Crippen MR) is 121 cm³/mol. The molecule has 1 N–H and O–H groups in total. The number of hydrogen-bond acceptors (Lipinski definition) is 3. The van der Waals surface area contributed by atoms with Crippen molar-refractivity contribution in [1.29, 1.82) is 0 Å². The molecule has 0 amide bonds. The maximum absolute atomic E-state index is 11.1. The van der Waals surface area contributed by atoms with Crippen molar-refractivity contribution >= 4 is 13.7 Å². The number of aliphatic hydroxyl groups excluding tert-OH is 1. The van der Waals surface area contributed by atoms with Crippen molar-refractivity contribution in [2.45, 2.75) is 99.5 Å². The van der Waals surface area contributed by atoms with Crippen molar-refractivity contribution < 1.29 is 31.3 Å². The third-order valence-electron chi connectivity index (χ3n) is 3.69. The first-order valence-corrected chi connectivity index (χ1v) is 11.2. The van der Waals surface area contributed by atoms with E-state index in [0.29, 0.717) is 29.6 Å². The van der Waals surface area contributed by atoms with Gasteiger partial charge in [-0.2, -0.15) is 5.56 Å². The zero-order valence-corrected chi connectivity index (χ0v) is 22.8. The van der Waals surface area contributed by atoms with Crippen LogP contribution in [0.25, 0.3) is 5.41 Å². The molecule has 158 valence electrons. The first-order valence-electron chi connectivity index (χ1n) is 9.99. The fourth-order valence-corrected chi connectivity index (χ4v) is 5.83. The average Bonchev–Trinajstić information content (AvgIpc) is 2.52. The van der Waals surface area contributed by atoms with Crippen LogP contribution in [0.5, 0.6) is 0 Å². The number of hydrogen-bond donors (Lipinski definition) is 1. The van der Waals surface area contributed by atoms with E-state index in [-0.39, 0.29) is 32.3 Å². The topological polar surface area (TPSA) is 49.0 Å². The molecule has 0 heterocycles. The molecular formula is C22H40N3OPZr. The molecule has 0 unspecified atom stereocenters. The van der Waals surface area contributed by atoms with Gasteiger partial charge in [0.2, 0.25) is 0 Å². The molecule has 0 aliphatic rings. The zero-order chi connectivity index (χ0) is 21.3. The summed E-state index contributed by atoms with van der Waals surface area (Å²) in [5.74, 6) is 0. The van der Waals surface area contributed by atoms with E-state index in [9.17, 15) is 5.41 Å². The molecule has 4 nitrogen and oxygen atoms in total. The zero-order valence-electron chi connectivity index (χ0n) is 19.4. The van der Waals surface area contributed by atoms with Crippen LogP contribution in [0.3, 0.4) is 0 Å². The number of aliphatic hydroxyl groups is 1. The predicted octanol–water partition coefficient (Wildman–Crippen LogP) is 5.74. The molecule has 0 spiro atoms. The van der Waals surface area contributed by atoms with Crippen LogP contribution in [-0.4, -0.2) is 50.2 Å². The van der Waals surface area contributed by atoms with Gasteiger partial charge in [0.25, 0.3) is 0 Å². The summed E-state index contributed by atoms with van der Waals surface area (Å²) in [4.78, 5) is 0. The van der Waals surface area contributed by atoms with Crippen molar-refractivity contribution in [2.24, 2.45) is 0 Å². The van der Waals surface area contributed by atoms with E-state index in [4.69, 9.17) is 5.11 Å². The molecule has 0 saturated carbocycles. The van der Waals surface area contributed by atoms with E-state index >= 15 is 0 Å². The van der Waals surface area contributed by atoms with Crippen molar-refractivity contribution in [1.82, 2.24) is 9.34 Å². The minimum Gasteiger partial charge on any atom is -0.853 e. The van der Waals surface area contributed by atoms with Crippen LogP contribution in [0.4, 0.5) is 0 Å². The molecule has 6 heteroatoms. The Hall–Kier alpha value is 0.0831. The Morgan fingerprint density at radius 2 is 1.21 bits per heavy atom. The second-order valence-electron chi connectivity index (χ2n) is 8.12. The molecule has 1 aromatic rings. The first-order chi connectivity index (χ1) is 12.4. The smallest absolute Gasteiger partial charge is 0.853 e. The van der Waals surface area contributed by atoms with Crippen LogP contribution >= 0.6 is 8.22 Å². The van der Waals surface area contributed by atoms with E-state index in [2.05, 4.69) is 70.8 Å². The minimum absolute atomic E-state index is 0. The summed E-state index contributed by atoms with van der Waals surface area (Å²) in [7, 11) is -0.975. The molecule has 0 radical (unpaired) electrons. The fraction of sp³-hybridized carbons (Fsp3) is 0.682. The average molecular weight is 485 g/mol. The third kappa shape index (κ3) is 10.2. The first kappa shape index (κ1) is 30.3. The van der Waals surface area contributed by atoms with Gasteiger partial charge < -0.3 is 10.5 Å². The molecule has 0 saturated heterocycles. The van der Waals surface area contributed by atoms with Crippen molar-refractivity contribution in [3.05, 3.63) is 41.3 Å². The van der Waals surface area contributed by atoms with Gasteiger partial charge in [-0.25, -0.2) is 5.45 Å². The van der Waals surface area contributed by atoms with Crippen molar-refractivity contribution in [3.8, 4) is 0 Å². The molecule has 1 aromatic carbocycles. The SMILES string of the molecule is CC(C)N(C(C)C)P(C(=[N-])c1[c-]cccc1)N(C(C)C)C(C)C.CC(C)O.[Zr+2]. The van der Waals surface area contributed by atoms with E-state index in [1.165, 1.54) is 0 Å². The maximum Gasteiger partial charge on any atom is 2.00 e. The Balaban J connectivity index is 0. The second kappa shape index (κ2) is 15.0. The van der Waals surface area contributed by atoms with E-state index in [1.54, 1.807) is 13.8 Å². The van der Waals surface area contributed by atoms with Gasteiger partial charge >= 0.3 is 26.2 Å². The normalized spacial score (nSPS) is 11.7. The van der Waals surface area contributed by atoms with Gasteiger partial charge in [-0.3, -0.25) is 9.34 Å². The summed E-state index contributed by atoms with van der Waals surface area (Å²) in [6.07, 6.45) is -0.167. The van der Waals surface area contributed by atoms with Gasteiger partial charge in [0.1, 0.15) is 0 Å². The van der Waals surface area contributed by atoms with Crippen LogP contribution in [-0.2, 0) is 26.2 Å². The van der Waals surface area contributed by atoms with Gasteiger partial charge in [-0.1, -0.05) is 0 Å². The van der Waals surface area contributed by atoms with Crippen LogP contribution < -0.4 is 0 Å². The second-order valence-corrected chi connectivity index (χ2v) is 10.0. The number of benzene rings is 1. The Morgan fingerprint density at radius 1 is 0.857 bits per heavy atom. The number of rotatable bonds is 8. The Morgan fingerprint density at radius 3 is 1.46 bits per heavy atom. The van der Waals surface area contributed by atoms with Gasteiger partial charge in [0.15, 0.2) is 0 Å². The summed E-state index contributed by atoms with van der Waals surface area (Å²) in [6, 6.07) is 12.3. The fourth-order valence-electron chi connectivity index (χ4n) is 3.05. The summed E-state index contributed by atoms with van der Waals surface area (Å²) >= 11 is 0. The Labute approximate surface area is 194 Å². The molecular weight excluding hydrogens is 444 g/mol. The van der Waals surface area contributed by atoms with Crippen LogP contribution in [0.15, 0.2) is 24.3 Å². The minimum atomic E-state index is -0.975. The summed E-state index contributed by atoms with van der Waals surface area (Å²) in [6.45, 7) is 21.1. The third-order valence-corrected chi connectivity index (χ3v) is 7.04. The van der Waals surface area contributed by atoms with Gasteiger partial charge in [-0.05, 0) is 69.2 Å². The Kier molecular flexibility index (Phi) is 16.2. The number of nitrogens with zero attached hydrogens (tertiary/aromatic N) is 3. The van der Waals surface area contributed by atoms with E-state index in [1.807, 2.05) is 24.3 Å². The Bertz CT molecular complexity index is 497. The van der Waals surface area contributed by atoms with E-state index in [0.717, 1.165) is 5.56 Å². The largest absolute Gasteiger partial charge is 2.00 e. The van der Waals surface area contributed by atoms with E-state index < -0.39 is 8.22 Å². The van der Waals surface area contributed by atoms with Crippen LogP contribution in [0, 0.1) is 6.07 Å². The quantitative estimate of drug-likeness (QED) is 0.291. The summed E-state index contributed by atoms with van der Waals surface area (Å²) in [5, 5.41) is 19.2. The monoisotopic (exact) mass is 483 g/mol. The molecule has 28 heavy (non-hydrogen) atoms.